The molecule has 1 aliphatic rings. The van der Waals surface area contributed by atoms with Crippen LogP contribution in [-0.2, 0) is 10.8 Å². The Hall–Kier alpha value is -0.670. The lowest BCUT2D eigenvalue weighted by Crippen LogP contribution is -2.35. The zero-order valence-corrected chi connectivity index (χ0v) is 13.4. The number of hydrogen-bond acceptors (Lipinski definition) is 2. The Bertz CT molecular complexity index is 482. The minimum Gasteiger partial charge on any atom is -0.308 e. The first-order valence-corrected chi connectivity index (χ1v) is 8.42. The van der Waals surface area contributed by atoms with E-state index < -0.39 is 10.8 Å². The number of hydrogen-bond donors (Lipinski definition) is 1. The highest BCUT2D eigenvalue weighted by Crippen LogP contribution is 2.35. The average molecular weight is 279 g/mol. The average Bonchev–Trinajstić information content (AvgIpc) is 2.34. The van der Waals surface area contributed by atoms with Gasteiger partial charge < -0.3 is 5.32 Å². The van der Waals surface area contributed by atoms with Gasteiger partial charge in [0, 0.05) is 22.2 Å². The molecular formula is C16H25NOS. The van der Waals surface area contributed by atoms with Crippen LogP contribution in [-0.4, -0.2) is 15.5 Å². The van der Waals surface area contributed by atoms with Gasteiger partial charge in [-0.2, -0.15) is 0 Å². The molecule has 1 aromatic carbocycles. The van der Waals surface area contributed by atoms with Crippen molar-refractivity contribution in [3.63, 3.8) is 0 Å². The van der Waals surface area contributed by atoms with E-state index in [-0.39, 0.29) is 5.25 Å². The fraction of sp³-hybridized carbons (Fsp3) is 0.625. The molecule has 1 aliphatic heterocycles. The second-order valence-corrected chi connectivity index (χ2v) is 8.01. The van der Waals surface area contributed by atoms with Crippen molar-refractivity contribution in [2.75, 3.05) is 0 Å². The molecular weight excluding hydrogens is 254 g/mol. The first-order valence-electron chi connectivity index (χ1n) is 7.20. The SMILES string of the molecule is CC(C)NC1CC(C)S(=O)c2ccc(C(C)C)cc21. The first kappa shape index (κ1) is 14.7. The molecule has 1 N–H and O–H groups in total. The van der Waals surface area contributed by atoms with Gasteiger partial charge in [-0.3, -0.25) is 4.21 Å². The Morgan fingerprint density at radius 3 is 2.53 bits per heavy atom. The first-order chi connectivity index (χ1) is 8.90. The summed E-state index contributed by atoms with van der Waals surface area (Å²) in [5.74, 6) is 0.512. The van der Waals surface area contributed by atoms with E-state index in [1.54, 1.807) is 0 Å². The smallest absolute Gasteiger partial charge is 0.0562 e. The van der Waals surface area contributed by atoms with Crippen LogP contribution >= 0.6 is 0 Å². The monoisotopic (exact) mass is 279 g/mol. The zero-order chi connectivity index (χ0) is 14.2. The van der Waals surface area contributed by atoms with E-state index in [4.69, 9.17) is 0 Å². The molecule has 106 valence electrons. The van der Waals surface area contributed by atoms with E-state index in [1.165, 1.54) is 11.1 Å². The molecule has 2 nitrogen and oxygen atoms in total. The second kappa shape index (κ2) is 5.76. The van der Waals surface area contributed by atoms with Gasteiger partial charge in [-0.15, -0.1) is 0 Å². The summed E-state index contributed by atoms with van der Waals surface area (Å²) in [6.45, 7) is 10.8. The van der Waals surface area contributed by atoms with Gasteiger partial charge in [0.15, 0.2) is 0 Å². The van der Waals surface area contributed by atoms with Crippen molar-refractivity contribution in [2.24, 2.45) is 0 Å². The fourth-order valence-corrected chi connectivity index (χ4v) is 4.14. The quantitative estimate of drug-likeness (QED) is 0.913. The summed E-state index contributed by atoms with van der Waals surface area (Å²) in [5, 5.41) is 3.85. The molecule has 0 fully saturated rings. The van der Waals surface area contributed by atoms with E-state index in [2.05, 4.69) is 58.1 Å². The van der Waals surface area contributed by atoms with Crippen molar-refractivity contribution >= 4 is 10.8 Å². The third kappa shape index (κ3) is 3.09. The van der Waals surface area contributed by atoms with Crippen LogP contribution in [0.2, 0.25) is 0 Å². The van der Waals surface area contributed by atoms with Gasteiger partial charge in [0.2, 0.25) is 0 Å². The van der Waals surface area contributed by atoms with Gasteiger partial charge in [-0.05, 0) is 29.5 Å². The van der Waals surface area contributed by atoms with Crippen LogP contribution < -0.4 is 5.32 Å². The molecule has 3 unspecified atom stereocenters. The third-order valence-corrected chi connectivity index (χ3v) is 5.49. The number of nitrogens with one attached hydrogen (secondary N) is 1. The van der Waals surface area contributed by atoms with Crippen LogP contribution in [0.15, 0.2) is 23.1 Å². The Kier molecular flexibility index (Phi) is 4.46. The van der Waals surface area contributed by atoms with Crippen LogP contribution in [0.5, 0.6) is 0 Å². The molecule has 0 radical (unpaired) electrons. The summed E-state index contributed by atoms with van der Waals surface area (Å²) in [6, 6.07) is 7.24. The van der Waals surface area contributed by atoms with Crippen molar-refractivity contribution in [1.29, 1.82) is 0 Å². The topological polar surface area (TPSA) is 29.1 Å². The van der Waals surface area contributed by atoms with E-state index in [0.717, 1.165) is 11.3 Å². The van der Waals surface area contributed by atoms with Crippen molar-refractivity contribution in [1.82, 2.24) is 5.32 Å². The van der Waals surface area contributed by atoms with Crippen LogP contribution in [0.1, 0.15) is 64.1 Å². The van der Waals surface area contributed by atoms with Crippen molar-refractivity contribution in [3.8, 4) is 0 Å². The van der Waals surface area contributed by atoms with Gasteiger partial charge >= 0.3 is 0 Å². The Balaban J connectivity index is 2.44. The molecule has 0 amide bonds. The molecule has 3 atom stereocenters. The maximum Gasteiger partial charge on any atom is 0.0562 e. The summed E-state index contributed by atoms with van der Waals surface area (Å²) in [7, 11) is -0.857. The Morgan fingerprint density at radius 2 is 1.95 bits per heavy atom. The molecule has 1 aromatic rings. The fourth-order valence-electron chi connectivity index (χ4n) is 2.70. The van der Waals surface area contributed by atoms with Crippen LogP contribution in [0.4, 0.5) is 0 Å². The van der Waals surface area contributed by atoms with E-state index >= 15 is 0 Å². The summed E-state index contributed by atoms with van der Waals surface area (Å²) in [4.78, 5) is 1.03. The standard InChI is InChI=1S/C16H25NOS/c1-10(2)13-6-7-16-14(9-13)15(17-11(3)4)8-12(5)19(16)18/h6-7,9-12,15,17H,8H2,1-5H3. The highest BCUT2D eigenvalue weighted by atomic mass is 32.2. The molecule has 0 bridgehead atoms. The van der Waals surface area contributed by atoms with Gasteiger partial charge in [-0.25, -0.2) is 0 Å². The highest BCUT2D eigenvalue weighted by molar-refractivity contribution is 7.85. The number of fused-ring (bicyclic) bond motifs is 1. The van der Waals surface area contributed by atoms with Gasteiger partial charge in [0.25, 0.3) is 0 Å². The zero-order valence-electron chi connectivity index (χ0n) is 12.6. The van der Waals surface area contributed by atoms with Crippen molar-refractivity contribution < 1.29 is 4.21 Å². The summed E-state index contributed by atoms with van der Waals surface area (Å²) >= 11 is 0. The Labute approximate surface area is 119 Å². The van der Waals surface area contributed by atoms with Gasteiger partial charge in [-0.1, -0.05) is 46.8 Å². The normalized spacial score (nSPS) is 26.8. The molecule has 2 rings (SSSR count). The molecule has 0 spiro atoms. The Morgan fingerprint density at radius 1 is 1.26 bits per heavy atom. The minimum absolute atomic E-state index is 0.230. The molecule has 0 aromatic heterocycles. The highest BCUT2D eigenvalue weighted by Gasteiger charge is 2.30. The van der Waals surface area contributed by atoms with Gasteiger partial charge in [0.1, 0.15) is 0 Å². The third-order valence-electron chi connectivity index (χ3n) is 3.76. The molecule has 19 heavy (non-hydrogen) atoms. The predicted molar refractivity (Wildman–Crippen MR) is 82.0 cm³/mol. The minimum atomic E-state index is -0.857. The summed E-state index contributed by atoms with van der Waals surface area (Å²) < 4.78 is 12.4. The van der Waals surface area contributed by atoms with Crippen molar-refractivity contribution in [3.05, 3.63) is 29.3 Å². The van der Waals surface area contributed by atoms with Crippen LogP contribution in [0.25, 0.3) is 0 Å². The second-order valence-electron chi connectivity index (χ2n) is 6.17. The molecule has 1 heterocycles. The molecule has 3 heteroatoms. The van der Waals surface area contributed by atoms with E-state index in [1.807, 2.05) is 0 Å². The maximum absolute atomic E-state index is 12.4. The molecule has 0 aliphatic carbocycles. The lowest BCUT2D eigenvalue weighted by atomic mass is 9.94. The van der Waals surface area contributed by atoms with Gasteiger partial charge in [0.05, 0.1) is 10.8 Å². The summed E-state index contributed by atoms with van der Waals surface area (Å²) in [5.41, 5.74) is 2.58. The molecule has 0 saturated carbocycles. The van der Waals surface area contributed by atoms with E-state index in [0.29, 0.717) is 18.0 Å². The van der Waals surface area contributed by atoms with Crippen LogP contribution in [0, 0.1) is 0 Å². The lowest BCUT2D eigenvalue weighted by Gasteiger charge is -2.32. The lowest BCUT2D eigenvalue weighted by molar-refractivity contribution is 0.436. The predicted octanol–water partition coefficient (Wildman–Crippen LogP) is 3.75. The number of rotatable bonds is 3. The largest absolute Gasteiger partial charge is 0.308 e. The van der Waals surface area contributed by atoms with Crippen LogP contribution in [0.3, 0.4) is 0 Å². The maximum atomic E-state index is 12.4. The molecule has 0 saturated heterocycles. The summed E-state index contributed by atoms with van der Waals surface area (Å²) in [6.07, 6.45) is 0.958. The van der Waals surface area contributed by atoms with Crippen molar-refractivity contribution in [2.45, 2.75) is 69.2 Å². The van der Waals surface area contributed by atoms with E-state index in [9.17, 15) is 4.21 Å². The number of benzene rings is 1.